The van der Waals surface area contributed by atoms with Crippen molar-refractivity contribution in [3.63, 3.8) is 0 Å². The van der Waals surface area contributed by atoms with Crippen LogP contribution in [-0.4, -0.2) is 35.4 Å². The zero-order chi connectivity index (χ0) is 21.3. The van der Waals surface area contributed by atoms with Gasteiger partial charge >= 0.3 is 11.9 Å². The first-order valence-electron chi connectivity index (χ1n) is 9.88. The molecule has 0 N–H and O–H groups in total. The lowest BCUT2D eigenvalue weighted by atomic mass is 9.82. The van der Waals surface area contributed by atoms with Crippen LogP contribution in [0.15, 0.2) is 22.8 Å². The number of benzene rings is 1. The van der Waals surface area contributed by atoms with Crippen LogP contribution in [0.2, 0.25) is 0 Å². The molecule has 1 aromatic heterocycles. The maximum absolute atomic E-state index is 14.8. The summed E-state index contributed by atoms with van der Waals surface area (Å²) in [4.78, 5) is 24.5. The fourth-order valence-electron chi connectivity index (χ4n) is 4.01. The van der Waals surface area contributed by atoms with Gasteiger partial charge in [0.1, 0.15) is 18.3 Å². The molecule has 1 heterocycles. The molecule has 0 bridgehead atoms. The lowest BCUT2D eigenvalue weighted by molar-refractivity contribution is -0.155. The Hall–Kier alpha value is -1.89. The molecule has 1 fully saturated rings. The fraction of sp³-hybridized carbons (Fsp3) is 0.545. The van der Waals surface area contributed by atoms with E-state index in [9.17, 15) is 14.0 Å². The number of hydrogen-bond donors (Lipinski definition) is 0. The Morgan fingerprint density at radius 3 is 2.55 bits per heavy atom. The van der Waals surface area contributed by atoms with Gasteiger partial charge in [-0.1, -0.05) is 18.9 Å². The zero-order valence-electron chi connectivity index (χ0n) is 17.3. The molecule has 1 aliphatic rings. The van der Waals surface area contributed by atoms with Gasteiger partial charge in [0.15, 0.2) is 0 Å². The van der Waals surface area contributed by atoms with Crippen molar-refractivity contribution in [2.45, 2.75) is 70.7 Å². The van der Waals surface area contributed by atoms with Crippen LogP contribution in [0.1, 0.15) is 68.3 Å². The first kappa shape index (κ1) is 21.8. The molecule has 1 saturated carbocycles. The molecule has 1 aliphatic carbocycles. The molecular weight excluding hydrogens is 441 g/mol. The van der Waals surface area contributed by atoms with E-state index in [1.54, 1.807) is 16.7 Å². The first-order valence-corrected chi connectivity index (χ1v) is 10.7. The quantitative estimate of drug-likeness (QED) is 0.554. The molecule has 2 aromatic rings. The molecule has 0 spiro atoms. The number of carbonyl (C=O) groups is 2. The Morgan fingerprint density at radius 2 is 1.93 bits per heavy atom. The van der Waals surface area contributed by atoms with Gasteiger partial charge in [0.25, 0.3) is 0 Å². The minimum Gasteiger partial charge on any atom is -0.465 e. The van der Waals surface area contributed by atoms with E-state index in [1.807, 2.05) is 26.8 Å². The van der Waals surface area contributed by atoms with E-state index in [2.05, 4.69) is 15.9 Å². The van der Waals surface area contributed by atoms with Gasteiger partial charge in [-0.05, 0) is 67.2 Å². The van der Waals surface area contributed by atoms with Crippen molar-refractivity contribution in [2.24, 2.45) is 0 Å². The molecule has 2 atom stereocenters. The summed E-state index contributed by atoms with van der Waals surface area (Å²) in [5.74, 6) is -1.11. The number of aromatic nitrogens is 1. The number of carbonyl (C=O) groups excluding carboxylic acids is 2. The normalized spacial score (nSPS) is 19.9. The van der Waals surface area contributed by atoms with Gasteiger partial charge in [-0.2, -0.15) is 0 Å². The number of nitrogens with zero attached hydrogens (tertiary/aromatic N) is 1. The average molecular weight is 468 g/mol. The standard InChI is InChI=1S/C22H27BrFNO4/c1-22(2,3)29-18(26)12-25-17-11-13(21(27)28-4)9-10-15(17)19(20(25)23)14-7-5-6-8-16(14)24/h9-11,14,16H,5-8,12H2,1-4H3. The number of halogens is 2. The van der Waals surface area contributed by atoms with Crippen LogP contribution < -0.4 is 0 Å². The van der Waals surface area contributed by atoms with Gasteiger partial charge in [-0.25, -0.2) is 9.18 Å². The highest BCUT2D eigenvalue weighted by Crippen LogP contribution is 2.43. The molecule has 1 aromatic carbocycles. The minimum atomic E-state index is -0.930. The number of esters is 2. The summed E-state index contributed by atoms with van der Waals surface area (Å²) in [6, 6.07) is 5.18. The number of rotatable bonds is 4. The topological polar surface area (TPSA) is 57.5 Å². The fourth-order valence-corrected chi connectivity index (χ4v) is 4.83. The van der Waals surface area contributed by atoms with Gasteiger partial charge in [-0.3, -0.25) is 4.79 Å². The second-order valence-corrected chi connectivity index (χ2v) is 9.26. The van der Waals surface area contributed by atoms with E-state index >= 15 is 0 Å². The van der Waals surface area contributed by atoms with Crippen LogP contribution in [0.5, 0.6) is 0 Å². The van der Waals surface area contributed by atoms with Crippen LogP contribution in [0.4, 0.5) is 4.39 Å². The third-order valence-corrected chi connectivity index (χ3v) is 6.07. The Balaban J connectivity index is 2.12. The van der Waals surface area contributed by atoms with Crippen LogP contribution in [0, 0.1) is 0 Å². The van der Waals surface area contributed by atoms with Crippen molar-refractivity contribution in [2.75, 3.05) is 7.11 Å². The van der Waals surface area contributed by atoms with Crippen LogP contribution in [-0.2, 0) is 20.8 Å². The summed E-state index contributed by atoms with van der Waals surface area (Å²) in [6.45, 7) is 5.39. The molecular formula is C22H27BrFNO4. The third-order valence-electron chi connectivity index (χ3n) is 5.22. The average Bonchev–Trinajstić information content (AvgIpc) is 2.91. The van der Waals surface area contributed by atoms with Crippen molar-refractivity contribution < 1.29 is 23.5 Å². The Morgan fingerprint density at radius 1 is 1.24 bits per heavy atom. The molecule has 2 unspecified atom stereocenters. The molecule has 0 aliphatic heterocycles. The smallest absolute Gasteiger partial charge is 0.337 e. The van der Waals surface area contributed by atoms with E-state index in [1.165, 1.54) is 7.11 Å². The minimum absolute atomic E-state index is 0.0390. The Bertz CT molecular complexity index is 931. The Kier molecular flexibility index (Phi) is 6.36. The number of hydrogen-bond acceptors (Lipinski definition) is 4. The summed E-state index contributed by atoms with van der Waals surface area (Å²) in [6.07, 6.45) is 2.22. The number of ether oxygens (including phenoxy) is 2. The molecule has 3 rings (SSSR count). The van der Waals surface area contributed by atoms with Crippen LogP contribution in [0.3, 0.4) is 0 Å². The maximum Gasteiger partial charge on any atom is 0.337 e. The second-order valence-electron chi connectivity index (χ2n) is 8.51. The number of methoxy groups -OCH3 is 1. The number of alkyl halides is 1. The molecule has 7 heteroatoms. The first-order chi connectivity index (χ1) is 13.6. The molecule has 0 radical (unpaired) electrons. The van der Waals surface area contributed by atoms with E-state index in [4.69, 9.17) is 9.47 Å². The summed E-state index contributed by atoms with van der Waals surface area (Å²) >= 11 is 3.62. The SMILES string of the molecule is COC(=O)c1ccc2c(C3CCCCC3F)c(Br)n(CC(=O)OC(C)(C)C)c2c1. The van der Waals surface area contributed by atoms with Gasteiger partial charge in [0, 0.05) is 11.3 Å². The van der Waals surface area contributed by atoms with Crippen LogP contribution >= 0.6 is 15.9 Å². The van der Waals surface area contributed by atoms with Crippen molar-refractivity contribution >= 4 is 38.8 Å². The van der Waals surface area contributed by atoms with Crippen LogP contribution in [0.25, 0.3) is 10.9 Å². The predicted molar refractivity (Wildman–Crippen MR) is 113 cm³/mol. The lowest BCUT2D eigenvalue weighted by Gasteiger charge is -2.26. The highest BCUT2D eigenvalue weighted by atomic mass is 79.9. The van der Waals surface area contributed by atoms with E-state index in [0.717, 1.165) is 30.2 Å². The van der Waals surface area contributed by atoms with Crippen molar-refractivity contribution in [3.05, 3.63) is 33.9 Å². The predicted octanol–water partition coefficient (Wildman–Crippen LogP) is 5.53. The molecule has 0 saturated heterocycles. The van der Waals surface area contributed by atoms with E-state index < -0.39 is 23.7 Å². The van der Waals surface area contributed by atoms with Gasteiger partial charge in [0.05, 0.1) is 22.8 Å². The lowest BCUT2D eigenvalue weighted by Crippen LogP contribution is -2.26. The summed E-state index contributed by atoms with van der Waals surface area (Å²) < 4.78 is 27.5. The third kappa shape index (κ3) is 4.65. The number of fused-ring (bicyclic) bond motifs is 1. The van der Waals surface area contributed by atoms with E-state index in [0.29, 0.717) is 22.1 Å². The molecule has 29 heavy (non-hydrogen) atoms. The van der Waals surface area contributed by atoms with E-state index in [-0.39, 0.29) is 12.5 Å². The molecule has 0 amide bonds. The van der Waals surface area contributed by atoms with Crippen molar-refractivity contribution in [3.8, 4) is 0 Å². The summed E-state index contributed by atoms with van der Waals surface area (Å²) in [7, 11) is 1.32. The zero-order valence-corrected chi connectivity index (χ0v) is 18.8. The summed E-state index contributed by atoms with van der Waals surface area (Å²) in [5.41, 5.74) is 1.30. The largest absolute Gasteiger partial charge is 0.465 e. The molecule has 5 nitrogen and oxygen atoms in total. The highest BCUT2D eigenvalue weighted by Gasteiger charge is 2.32. The maximum atomic E-state index is 14.8. The van der Waals surface area contributed by atoms with Gasteiger partial charge < -0.3 is 14.0 Å². The summed E-state index contributed by atoms with van der Waals surface area (Å²) in [5, 5.41) is 0.836. The molecule has 158 valence electrons. The van der Waals surface area contributed by atoms with Gasteiger partial charge in [-0.15, -0.1) is 0 Å². The monoisotopic (exact) mass is 467 g/mol. The second kappa shape index (κ2) is 8.46. The van der Waals surface area contributed by atoms with Gasteiger partial charge in [0.2, 0.25) is 0 Å². The Labute approximate surface area is 178 Å². The van der Waals surface area contributed by atoms with Crippen molar-refractivity contribution in [1.82, 2.24) is 4.57 Å². The van der Waals surface area contributed by atoms with Crippen molar-refractivity contribution in [1.29, 1.82) is 0 Å². The highest BCUT2D eigenvalue weighted by molar-refractivity contribution is 9.10.